The van der Waals surface area contributed by atoms with E-state index in [1.54, 1.807) is 30.3 Å². The average molecular weight is 411 g/mol. The fourth-order valence-electron chi connectivity index (χ4n) is 2.05. The van der Waals surface area contributed by atoms with E-state index in [4.69, 9.17) is 16.9 Å². The third-order valence-electron chi connectivity index (χ3n) is 3.28. The Morgan fingerprint density at radius 1 is 1.15 bits per heavy atom. The van der Waals surface area contributed by atoms with Crippen molar-refractivity contribution in [2.24, 2.45) is 5.14 Å². The molecular weight excluding hydrogens is 400 g/mol. The third-order valence-corrected chi connectivity index (χ3v) is 5.61. The number of anilines is 1. The number of hydrogen-bond acceptors (Lipinski definition) is 6. The first kappa shape index (κ1) is 18.3. The van der Waals surface area contributed by atoms with Crippen LogP contribution in [0.2, 0.25) is 0 Å². The number of carbonyl (C=O) groups is 2. The van der Waals surface area contributed by atoms with Crippen LogP contribution in [0.5, 0.6) is 0 Å². The van der Waals surface area contributed by atoms with Crippen molar-refractivity contribution in [1.82, 2.24) is 10.3 Å². The zero-order valence-corrected chi connectivity index (χ0v) is 15.3. The first-order chi connectivity index (χ1) is 12.3. The molecule has 0 aliphatic rings. The quantitative estimate of drug-likeness (QED) is 0.642. The molecule has 1 aromatic heterocycles. The molecule has 0 radical (unpaired) electrons. The van der Waals surface area contributed by atoms with Crippen molar-refractivity contribution in [2.45, 2.75) is 4.90 Å². The predicted octanol–water partition coefficient (Wildman–Crippen LogP) is 2.45. The average Bonchev–Trinajstić information content (AvgIpc) is 3.04. The Morgan fingerprint density at radius 3 is 2.50 bits per heavy atom. The number of rotatable bonds is 3. The second-order valence-electron chi connectivity index (χ2n) is 5.08. The van der Waals surface area contributed by atoms with Crippen LogP contribution >= 0.6 is 23.1 Å². The van der Waals surface area contributed by atoms with E-state index >= 15 is 0 Å². The van der Waals surface area contributed by atoms with Crippen molar-refractivity contribution in [3.8, 4) is 0 Å². The van der Waals surface area contributed by atoms with Gasteiger partial charge in [0, 0.05) is 17.3 Å². The number of amides is 3. The lowest BCUT2D eigenvalue weighted by Crippen LogP contribution is -2.38. The molecule has 3 aromatic rings. The standard InChI is InChI=1S/C15H11ClN4O4S2/c16-20(14(22)19-13(21)9-4-2-1-3-5-9)15-18-11-7-6-10(26(17,23)24)8-12(11)25-15/h1-8H,(H2,17,23,24)(H,19,21,22). The predicted molar refractivity (Wildman–Crippen MR) is 98.6 cm³/mol. The van der Waals surface area contributed by atoms with Crippen LogP contribution < -0.4 is 14.9 Å². The van der Waals surface area contributed by atoms with Gasteiger partial charge >= 0.3 is 6.03 Å². The summed E-state index contributed by atoms with van der Waals surface area (Å²) in [6.45, 7) is 0. The summed E-state index contributed by atoms with van der Waals surface area (Å²) in [6.07, 6.45) is 0. The van der Waals surface area contributed by atoms with Crippen molar-refractivity contribution >= 4 is 60.4 Å². The maximum Gasteiger partial charge on any atom is 0.345 e. The molecule has 0 spiro atoms. The minimum absolute atomic E-state index is 0.0756. The molecule has 3 rings (SSSR count). The lowest BCUT2D eigenvalue weighted by molar-refractivity contribution is 0.0966. The molecule has 0 aliphatic heterocycles. The number of nitrogens with zero attached hydrogens (tertiary/aromatic N) is 2. The van der Waals surface area contributed by atoms with Gasteiger partial charge in [0.1, 0.15) is 0 Å². The number of nitrogens with one attached hydrogen (secondary N) is 1. The fraction of sp³-hybridized carbons (Fsp3) is 0. The lowest BCUT2D eigenvalue weighted by Gasteiger charge is -2.10. The van der Waals surface area contributed by atoms with Crippen molar-refractivity contribution < 1.29 is 18.0 Å². The van der Waals surface area contributed by atoms with Crippen LogP contribution in [0.15, 0.2) is 53.4 Å². The zero-order chi connectivity index (χ0) is 18.9. The minimum atomic E-state index is -3.86. The number of imide groups is 1. The van der Waals surface area contributed by atoms with Gasteiger partial charge in [-0.15, -0.1) is 0 Å². The number of halogens is 1. The van der Waals surface area contributed by atoms with Crippen molar-refractivity contribution in [1.29, 1.82) is 0 Å². The van der Waals surface area contributed by atoms with E-state index in [2.05, 4.69) is 10.3 Å². The SMILES string of the molecule is NS(=O)(=O)c1ccc2nc(N(Cl)C(=O)NC(=O)c3ccccc3)sc2c1. The second kappa shape index (κ2) is 7.00. The molecule has 0 unspecified atom stereocenters. The number of carbonyl (C=O) groups excluding carboxylic acids is 2. The largest absolute Gasteiger partial charge is 0.345 e. The van der Waals surface area contributed by atoms with E-state index < -0.39 is 22.0 Å². The number of fused-ring (bicyclic) bond motifs is 1. The van der Waals surface area contributed by atoms with Gasteiger partial charge in [-0.05, 0) is 30.3 Å². The molecule has 3 N–H and O–H groups in total. The molecule has 0 atom stereocenters. The molecule has 0 saturated heterocycles. The Morgan fingerprint density at radius 2 is 1.85 bits per heavy atom. The summed E-state index contributed by atoms with van der Waals surface area (Å²) in [5.41, 5.74) is 0.734. The summed E-state index contributed by atoms with van der Waals surface area (Å²) < 4.78 is 23.9. The number of urea groups is 1. The van der Waals surface area contributed by atoms with Crippen molar-refractivity contribution in [3.63, 3.8) is 0 Å². The number of aromatic nitrogens is 1. The molecule has 0 fully saturated rings. The summed E-state index contributed by atoms with van der Waals surface area (Å²) in [5.74, 6) is -0.612. The van der Waals surface area contributed by atoms with Crippen LogP contribution in [0.25, 0.3) is 10.2 Å². The first-order valence-corrected chi connectivity index (χ1v) is 9.75. The number of thiazole rings is 1. The molecule has 3 amide bonds. The van der Waals surface area contributed by atoms with Gasteiger partial charge < -0.3 is 0 Å². The molecule has 8 nitrogen and oxygen atoms in total. The number of benzene rings is 2. The van der Waals surface area contributed by atoms with Gasteiger partial charge in [-0.3, -0.25) is 10.1 Å². The van der Waals surface area contributed by atoms with E-state index in [0.717, 1.165) is 11.3 Å². The van der Waals surface area contributed by atoms with Gasteiger partial charge in [0.15, 0.2) is 0 Å². The highest BCUT2D eigenvalue weighted by molar-refractivity contribution is 7.89. The van der Waals surface area contributed by atoms with Crippen LogP contribution in [-0.4, -0.2) is 25.3 Å². The van der Waals surface area contributed by atoms with Crippen LogP contribution in [0.3, 0.4) is 0 Å². The molecule has 26 heavy (non-hydrogen) atoms. The van der Waals surface area contributed by atoms with E-state index in [-0.39, 0.29) is 10.0 Å². The summed E-state index contributed by atoms with van der Waals surface area (Å²) in [6, 6.07) is 11.4. The number of sulfonamides is 1. The fourth-order valence-corrected chi connectivity index (χ4v) is 3.75. The number of primary sulfonamides is 1. The highest BCUT2D eigenvalue weighted by Gasteiger charge is 2.21. The monoisotopic (exact) mass is 410 g/mol. The molecule has 134 valence electrons. The summed E-state index contributed by atoms with van der Waals surface area (Å²) in [4.78, 5) is 28.2. The van der Waals surface area contributed by atoms with Gasteiger partial charge in [0.05, 0.1) is 15.1 Å². The van der Waals surface area contributed by atoms with Crippen LogP contribution in [0.4, 0.5) is 9.93 Å². The molecule has 2 aromatic carbocycles. The normalized spacial score (nSPS) is 11.3. The molecule has 11 heteroatoms. The van der Waals surface area contributed by atoms with E-state index in [1.807, 2.05) is 0 Å². The molecule has 0 aliphatic carbocycles. The van der Waals surface area contributed by atoms with Gasteiger partial charge in [0.2, 0.25) is 15.2 Å². The first-order valence-electron chi connectivity index (χ1n) is 7.05. The molecule has 0 bridgehead atoms. The lowest BCUT2D eigenvalue weighted by atomic mass is 10.2. The minimum Gasteiger partial charge on any atom is -0.272 e. The number of nitrogens with two attached hydrogens (primary N) is 1. The van der Waals surface area contributed by atoms with E-state index in [0.29, 0.717) is 20.2 Å². The maximum absolute atomic E-state index is 12.1. The van der Waals surface area contributed by atoms with Gasteiger partial charge in [-0.25, -0.2) is 23.3 Å². The zero-order valence-electron chi connectivity index (χ0n) is 12.9. The van der Waals surface area contributed by atoms with Crippen LogP contribution in [-0.2, 0) is 10.0 Å². The van der Waals surface area contributed by atoms with Crippen LogP contribution in [0, 0.1) is 0 Å². The Labute approximate surface area is 157 Å². The van der Waals surface area contributed by atoms with Crippen molar-refractivity contribution in [3.05, 3.63) is 54.1 Å². The van der Waals surface area contributed by atoms with Gasteiger partial charge in [-0.1, -0.05) is 29.5 Å². The maximum atomic E-state index is 12.1. The number of hydrogen-bond donors (Lipinski definition) is 2. The van der Waals surface area contributed by atoms with Crippen LogP contribution in [0.1, 0.15) is 10.4 Å². The van der Waals surface area contributed by atoms with E-state index in [1.165, 1.54) is 18.2 Å². The molecular formula is C15H11ClN4O4S2. The molecule has 1 heterocycles. The summed E-state index contributed by atoms with van der Waals surface area (Å²) in [7, 11) is -3.86. The Kier molecular flexibility index (Phi) is 4.92. The summed E-state index contributed by atoms with van der Waals surface area (Å²) in [5, 5.41) is 7.31. The molecule has 0 saturated carbocycles. The van der Waals surface area contributed by atoms with Crippen molar-refractivity contribution in [2.75, 3.05) is 4.42 Å². The topological polar surface area (TPSA) is 122 Å². The second-order valence-corrected chi connectivity index (χ2v) is 7.99. The highest BCUT2D eigenvalue weighted by Crippen LogP contribution is 2.31. The third kappa shape index (κ3) is 3.83. The summed E-state index contributed by atoms with van der Waals surface area (Å²) >= 11 is 6.94. The van der Waals surface area contributed by atoms with Gasteiger partial charge in [0.25, 0.3) is 5.91 Å². The van der Waals surface area contributed by atoms with Gasteiger partial charge in [-0.2, -0.15) is 4.42 Å². The smallest absolute Gasteiger partial charge is 0.272 e. The van der Waals surface area contributed by atoms with E-state index in [9.17, 15) is 18.0 Å². The Balaban J connectivity index is 1.81. The Hall–Kier alpha value is -2.53. The highest BCUT2D eigenvalue weighted by atomic mass is 35.5. The Bertz CT molecular complexity index is 1100.